The smallest absolute Gasteiger partial charge is 0.226 e. The maximum atomic E-state index is 12.1. The number of aryl methyl sites for hydroxylation is 1. The summed E-state index contributed by atoms with van der Waals surface area (Å²) in [6.07, 6.45) is 1.47. The van der Waals surface area contributed by atoms with E-state index >= 15 is 0 Å². The molecule has 0 bridgehead atoms. The van der Waals surface area contributed by atoms with Gasteiger partial charge in [0.15, 0.2) is 0 Å². The lowest BCUT2D eigenvalue weighted by Gasteiger charge is -2.23. The van der Waals surface area contributed by atoms with Crippen molar-refractivity contribution < 1.29 is 9.53 Å². The summed E-state index contributed by atoms with van der Waals surface area (Å²) in [6, 6.07) is 6.34. The van der Waals surface area contributed by atoms with Crippen molar-refractivity contribution in [3.05, 3.63) is 29.3 Å². The van der Waals surface area contributed by atoms with Gasteiger partial charge in [0.05, 0.1) is 13.0 Å². The summed E-state index contributed by atoms with van der Waals surface area (Å²) < 4.78 is 5.74. The second-order valence-corrected chi connectivity index (χ2v) is 5.45. The number of amides is 1. The zero-order valence-electron chi connectivity index (χ0n) is 12.6. The fourth-order valence-corrected chi connectivity index (χ4v) is 2.48. The van der Waals surface area contributed by atoms with Crippen LogP contribution in [0, 0.1) is 13.8 Å². The number of likely N-dealkylation sites (N-methyl/N-ethyl adjacent to an activating group) is 1. The molecule has 0 spiro atoms. The summed E-state index contributed by atoms with van der Waals surface area (Å²) in [4.78, 5) is 13.9. The minimum absolute atomic E-state index is 0.156. The molecule has 1 aliphatic rings. The highest BCUT2D eigenvalue weighted by Crippen LogP contribution is 2.20. The molecule has 0 radical (unpaired) electrons. The summed E-state index contributed by atoms with van der Waals surface area (Å²) in [6.45, 7) is 6.45. The number of carbonyl (C=O) groups excluding carboxylic acids is 1. The van der Waals surface area contributed by atoms with Crippen LogP contribution >= 0.6 is 0 Å². The van der Waals surface area contributed by atoms with Crippen LogP contribution in [0.3, 0.4) is 0 Å². The lowest BCUT2D eigenvalue weighted by atomic mass is 10.1. The zero-order valence-corrected chi connectivity index (χ0v) is 12.6. The normalized spacial score (nSPS) is 18.1. The predicted molar refractivity (Wildman–Crippen MR) is 80.1 cm³/mol. The van der Waals surface area contributed by atoms with Gasteiger partial charge in [0.1, 0.15) is 5.75 Å². The van der Waals surface area contributed by atoms with Gasteiger partial charge in [0.25, 0.3) is 0 Å². The van der Waals surface area contributed by atoms with Crippen LogP contribution in [0.4, 0.5) is 0 Å². The molecule has 4 heteroatoms. The minimum Gasteiger partial charge on any atom is -0.493 e. The van der Waals surface area contributed by atoms with Gasteiger partial charge in [-0.25, -0.2) is 0 Å². The monoisotopic (exact) mass is 276 g/mol. The first-order valence-electron chi connectivity index (χ1n) is 7.25. The molecule has 1 saturated heterocycles. The Bertz CT molecular complexity index is 468. The fraction of sp³-hybridized carbons (Fsp3) is 0.562. The van der Waals surface area contributed by atoms with E-state index < -0.39 is 0 Å². The topological polar surface area (TPSA) is 41.6 Å². The average Bonchev–Trinajstić information content (AvgIpc) is 2.96. The van der Waals surface area contributed by atoms with Crippen LogP contribution in [-0.2, 0) is 4.79 Å². The Morgan fingerprint density at radius 2 is 2.25 bits per heavy atom. The third-order valence-electron chi connectivity index (χ3n) is 4.10. The maximum absolute atomic E-state index is 12.1. The van der Waals surface area contributed by atoms with Crippen molar-refractivity contribution in [2.75, 3.05) is 26.7 Å². The van der Waals surface area contributed by atoms with E-state index in [1.165, 1.54) is 5.56 Å². The molecule has 0 saturated carbocycles. The third-order valence-corrected chi connectivity index (χ3v) is 4.10. The second-order valence-electron chi connectivity index (χ2n) is 5.45. The molecule has 0 aromatic heterocycles. The van der Waals surface area contributed by atoms with Crippen molar-refractivity contribution in [1.29, 1.82) is 0 Å². The van der Waals surface area contributed by atoms with E-state index in [-0.39, 0.29) is 5.91 Å². The molecule has 1 aromatic rings. The third kappa shape index (κ3) is 3.51. The number of carbonyl (C=O) groups is 1. The molecule has 2 rings (SSSR count). The number of nitrogens with one attached hydrogen (secondary N) is 1. The Balaban J connectivity index is 1.80. The van der Waals surface area contributed by atoms with E-state index in [9.17, 15) is 4.79 Å². The molecule has 110 valence electrons. The van der Waals surface area contributed by atoms with Crippen LogP contribution in [0.15, 0.2) is 18.2 Å². The van der Waals surface area contributed by atoms with E-state index in [0.717, 1.165) is 30.8 Å². The van der Waals surface area contributed by atoms with E-state index in [1.807, 2.05) is 31.0 Å². The Hall–Kier alpha value is -1.55. The van der Waals surface area contributed by atoms with Gasteiger partial charge in [-0.05, 0) is 44.0 Å². The lowest BCUT2D eigenvalue weighted by molar-refractivity contribution is -0.132. The van der Waals surface area contributed by atoms with Gasteiger partial charge < -0.3 is 15.0 Å². The molecule has 1 atom stereocenters. The molecular formula is C16H24N2O2. The standard InChI is InChI=1S/C16H24N2O2/c1-12-5-4-6-15(13(12)2)20-10-8-16(19)18(3)14-7-9-17-11-14/h4-6,14,17H,7-11H2,1-3H3/t14-/m1/s1. The van der Waals surface area contributed by atoms with E-state index in [2.05, 4.69) is 18.3 Å². The predicted octanol–water partition coefficient (Wildman–Crippen LogP) is 1.89. The summed E-state index contributed by atoms with van der Waals surface area (Å²) >= 11 is 0. The molecular weight excluding hydrogens is 252 g/mol. The number of ether oxygens (including phenoxy) is 1. The molecule has 0 aliphatic carbocycles. The van der Waals surface area contributed by atoms with Crippen molar-refractivity contribution >= 4 is 5.91 Å². The second kappa shape index (κ2) is 6.75. The van der Waals surface area contributed by atoms with Crippen LogP contribution < -0.4 is 10.1 Å². The number of benzene rings is 1. The molecule has 1 aliphatic heterocycles. The van der Waals surface area contributed by atoms with E-state index in [4.69, 9.17) is 4.74 Å². The lowest BCUT2D eigenvalue weighted by Crippen LogP contribution is -2.38. The number of rotatable bonds is 5. The van der Waals surface area contributed by atoms with Gasteiger partial charge in [-0.3, -0.25) is 4.79 Å². The molecule has 1 heterocycles. The number of hydrogen-bond donors (Lipinski definition) is 1. The SMILES string of the molecule is Cc1cccc(OCCC(=O)N(C)[C@@H]2CCNC2)c1C. The first kappa shape index (κ1) is 14.9. The van der Waals surface area contributed by atoms with Gasteiger partial charge in [-0.2, -0.15) is 0 Å². The summed E-state index contributed by atoms with van der Waals surface area (Å²) in [7, 11) is 1.89. The molecule has 1 aromatic carbocycles. The minimum atomic E-state index is 0.156. The summed E-state index contributed by atoms with van der Waals surface area (Å²) in [5, 5.41) is 3.28. The Morgan fingerprint density at radius 1 is 1.45 bits per heavy atom. The molecule has 1 N–H and O–H groups in total. The largest absolute Gasteiger partial charge is 0.493 e. The molecule has 0 unspecified atom stereocenters. The van der Waals surface area contributed by atoms with Gasteiger partial charge >= 0.3 is 0 Å². The van der Waals surface area contributed by atoms with Crippen LogP contribution in [0.2, 0.25) is 0 Å². The van der Waals surface area contributed by atoms with Crippen molar-refractivity contribution in [2.24, 2.45) is 0 Å². The van der Waals surface area contributed by atoms with Crippen molar-refractivity contribution in [3.8, 4) is 5.75 Å². The van der Waals surface area contributed by atoms with Gasteiger partial charge in [0.2, 0.25) is 5.91 Å². The number of nitrogens with zero attached hydrogens (tertiary/aromatic N) is 1. The highest BCUT2D eigenvalue weighted by atomic mass is 16.5. The Labute approximate surface area is 121 Å². The first-order chi connectivity index (χ1) is 9.59. The number of hydrogen-bond acceptors (Lipinski definition) is 3. The van der Waals surface area contributed by atoms with Crippen molar-refractivity contribution in [2.45, 2.75) is 32.7 Å². The van der Waals surface area contributed by atoms with Crippen LogP contribution in [-0.4, -0.2) is 43.6 Å². The van der Waals surface area contributed by atoms with E-state index in [0.29, 0.717) is 19.1 Å². The van der Waals surface area contributed by atoms with Crippen LogP contribution in [0.1, 0.15) is 24.0 Å². The quantitative estimate of drug-likeness (QED) is 0.893. The van der Waals surface area contributed by atoms with Gasteiger partial charge in [-0.1, -0.05) is 12.1 Å². The highest BCUT2D eigenvalue weighted by molar-refractivity contribution is 5.76. The summed E-state index contributed by atoms with van der Waals surface area (Å²) in [5.41, 5.74) is 2.36. The van der Waals surface area contributed by atoms with Gasteiger partial charge in [-0.15, -0.1) is 0 Å². The Kier molecular flexibility index (Phi) is 5.01. The van der Waals surface area contributed by atoms with Crippen LogP contribution in [0.5, 0.6) is 5.75 Å². The maximum Gasteiger partial charge on any atom is 0.226 e. The molecule has 20 heavy (non-hydrogen) atoms. The molecule has 1 amide bonds. The highest BCUT2D eigenvalue weighted by Gasteiger charge is 2.22. The van der Waals surface area contributed by atoms with Gasteiger partial charge in [0, 0.05) is 19.6 Å². The van der Waals surface area contributed by atoms with Crippen LogP contribution in [0.25, 0.3) is 0 Å². The average molecular weight is 276 g/mol. The molecule has 4 nitrogen and oxygen atoms in total. The summed E-state index contributed by atoms with van der Waals surface area (Å²) in [5.74, 6) is 1.03. The van der Waals surface area contributed by atoms with Crippen molar-refractivity contribution in [1.82, 2.24) is 10.2 Å². The first-order valence-corrected chi connectivity index (χ1v) is 7.25. The zero-order chi connectivity index (χ0) is 14.5. The van der Waals surface area contributed by atoms with Crippen molar-refractivity contribution in [3.63, 3.8) is 0 Å². The van der Waals surface area contributed by atoms with E-state index in [1.54, 1.807) is 0 Å². The Morgan fingerprint density at radius 3 is 2.95 bits per heavy atom. The fourth-order valence-electron chi connectivity index (χ4n) is 2.48. The molecule has 1 fully saturated rings.